The normalized spacial score (nSPS) is 14.5. The summed E-state index contributed by atoms with van der Waals surface area (Å²) in [5.74, 6) is 1.23. The summed E-state index contributed by atoms with van der Waals surface area (Å²) in [7, 11) is 0. The van der Waals surface area contributed by atoms with Gasteiger partial charge in [-0.25, -0.2) is 0 Å². The van der Waals surface area contributed by atoms with Crippen LogP contribution in [0.15, 0.2) is 6.20 Å². The Labute approximate surface area is 91.3 Å². The molecule has 84 valence electrons. The van der Waals surface area contributed by atoms with Gasteiger partial charge in [0.05, 0.1) is 6.54 Å². The molecule has 4 nitrogen and oxygen atoms in total. The molecule has 1 aromatic rings. The van der Waals surface area contributed by atoms with Gasteiger partial charge in [-0.2, -0.15) is 0 Å². The summed E-state index contributed by atoms with van der Waals surface area (Å²) in [6.45, 7) is 10.9. The molecule has 2 heterocycles. The molecule has 0 aromatic carbocycles. The zero-order valence-electron chi connectivity index (χ0n) is 10.0. The maximum absolute atomic E-state index is 3.48. The Hall–Kier alpha value is -1.19. The second kappa shape index (κ2) is 3.76. The average molecular weight is 209 g/mol. The molecule has 0 radical (unpaired) electrons. The van der Waals surface area contributed by atoms with Gasteiger partial charge in [-0.15, -0.1) is 9.36 Å². The standard InChI is InChI=1S/C11H20N4/c1-8(2)13-10-7-15(9(3)4)14-6-5-12-11(10)14/h7-9,13H,5-6H2,1-4H3/p+1. The van der Waals surface area contributed by atoms with Crippen molar-refractivity contribution >= 4 is 11.5 Å². The fourth-order valence-corrected chi connectivity index (χ4v) is 2.06. The van der Waals surface area contributed by atoms with Crippen molar-refractivity contribution in [3.8, 4) is 0 Å². The highest BCUT2D eigenvalue weighted by molar-refractivity contribution is 5.64. The lowest BCUT2D eigenvalue weighted by Gasteiger charge is -2.06. The third kappa shape index (κ3) is 1.80. The lowest BCUT2D eigenvalue weighted by molar-refractivity contribution is -0.790. The minimum Gasteiger partial charge on any atom is -0.375 e. The highest BCUT2D eigenvalue weighted by Gasteiger charge is 2.27. The van der Waals surface area contributed by atoms with E-state index >= 15 is 0 Å². The van der Waals surface area contributed by atoms with Crippen molar-refractivity contribution < 1.29 is 4.68 Å². The van der Waals surface area contributed by atoms with Gasteiger partial charge in [0.25, 0.3) is 0 Å². The first-order valence-electron chi connectivity index (χ1n) is 5.75. The van der Waals surface area contributed by atoms with Crippen LogP contribution in [0.4, 0.5) is 11.5 Å². The number of nitrogens with one attached hydrogen (secondary N) is 2. The molecule has 0 aliphatic carbocycles. The van der Waals surface area contributed by atoms with Gasteiger partial charge >= 0.3 is 0 Å². The van der Waals surface area contributed by atoms with E-state index in [-0.39, 0.29) is 0 Å². The van der Waals surface area contributed by atoms with Crippen LogP contribution in [-0.4, -0.2) is 17.3 Å². The van der Waals surface area contributed by atoms with Crippen molar-refractivity contribution in [1.82, 2.24) is 4.68 Å². The van der Waals surface area contributed by atoms with Crippen molar-refractivity contribution in [3.05, 3.63) is 6.20 Å². The van der Waals surface area contributed by atoms with Crippen LogP contribution in [-0.2, 0) is 6.54 Å². The summed E-state index contributed by atoms with van der Waals surface area (Å²) < 4.78 is 4.61. The van der Waals surface area contributed by atoms with Crippen LogP contribution in [0.5, 0.6) is 0 Å². The lowest BCUT2D eigenvalue weighted by Crippen LogP contribution is -2.43. The van der Waals surface area contributed by atoms with Gasteiger partial charge in [0, 0.05) is 12.6 Å². The first-order chi connectivity index (χ1) is 7.09. The zero-order valence-corrected chi connectivity index (χ0v) is 10.0. The molecule has 0 amide bonds. The molecule has 1 aliphatic rings. The Kier molecular flexibility index (Phi) is 2.59. The van der Waals surface area contributed by atoms with Crippen molar-refractivity contribution in [1.29, 1.82) is 0 Å². The minimum absolute atomic E-state index is 0.472. The summed E-state index contributed by atoms with van der Waals surface area (Å²) in [6.07, 6.45) is 2.20. The topological polar surface area (TPSA) is 32.9 Å². The quantitative estimate of drug-likeness (QED) is 0.741. The Morgan fingerprint density at radius 1 is 1.40 bits per heavy atom. The van der Waals surface area contributed by atoms with E-state index in [1.807, 2.05) is 0 Å². The monoisotopic (exact) mass is 209 g/mol. The highest BCUT2D eigenvalue weighted by atomic mass is 15.5. The number of aromatic nitrogens is 2. The molecule has 4 heteroatoms. The van der Waals surface area contributed by atoms with Gasteiger partial charge in [-0.1, -0.05) is 0 Å². The van der Waals surface area contributed by atoms with Crippen LogP contribution in [0.1, 0.15) is 33.7 Å². The molecule has 0 unspecified atom stereocenters. The molecular formula is C11H21N4+. The second-order valence-electron chi connectivity index (χ2n) is 4.71. The van der Waals surface area contributed by atoms with Crippen LogP contribution in [0, 0.1) is 0 Å². The Balaban J connectivity index is 2.36. The number of anilines is 2. The maximum Gasteiger partial charge on any atom is 0.221 e. The number of fused-ring (bicyclic) bond motifs is 1. The molecule has 2 rings (SSSR count). The molecule has 0 saturated carbocycles. The Morgan fingerprint density at radius 3 is 2.73 bits per heavy atom. The number of rotatable bonds is 3. The number of hydrogen-bond donors (Lipinski definition) is 2. The van der Waals surface area contributed by atoms with E-state index in [2.05, 4.69) is 53.9 Å². The maximum atomic E-state index is 3.48. The summed E-state index contributed by atoms with van der Waals surface area (Å²) in [5, 5.41) is 6.91. The molecule has 0 saturated heterocycles. The van der Waals surface area contributed by atoms with Gasteiger partial charge < -0.3 is 10.6 Å². The third-order valence-electron chi connectivity index (χ3n) is 2.64. The van der Waals surface area contributed by atoms with E-state index in [1.165, 1.54) is 11.5 Å². The zero-order chi connectivity index (χ0) is 11.0. The van der Waals surface area contributed by atoms with Crippen molar-refractivity contribution in [2.45, 2.75) is 46.3 Å². The van der Waals surface area contributed by atoms with E-state index < -0.39 is 0 Å². The molecule has 0 bridgehead atoms. The van der Waals surface area contributed by atoms with Gasteiger partial charge in [-0.05, 0) is 27.7 Å². The summed E-state index contributed by atoms with van der Waals surface area (Å²) >= 11 is 0. The SMILES string of the molecule is CC(C)Nc1c[n+](C(C)C)n2c1NCC2. The van der Waals surface area contributed by atoms with E-state index in [9.17, 15) is 0 Å². The molecule has 0 atom stereocenters. The van der Waals surface area contributed by atoms with Gasteiger partial charge in [-0.3, -0.25) is 0 Å². The molecular weight excluding hydrogens is 188 g/mol. The van der Waals surface area contributed by atoms with E-state index in [1.54, 1.807) is 0 Å². The highest BCUT2D eigenvalue weighted by Crippen LogP contribution is 2.25. The molecule has 1 aromatic heterocycles. The molecule has 1 aliphatic heterocycles. The van der Waals surface area contributed by atoms with Crippen molar-refractivity contribution in [3.63, 3.8) is 0 Å². The largest absolute Gasteiger partial charge is 0.375 e. The Bertz CT molecular complexity index is 352. The molecule has 0 spiro atoms. The predicted octanol–water partition coefficient (Wildman–Crippen LogP) is 1.60. The van der Waals surface area contributed by atoms with Gasteiger partial charge in [0.15, 0.2) is 11.9 Å². The van der Waals surface area contributed by atoms with Crippen LogP contribution in [0.3, 0.4) is 0 Å². The van der Waals surface area contributed by atoms with E-state index in [0.717, 1.165) is 13.1 Å². The summed E-state index contributed by atoms with van der Waals surface area (Å²) in [5.41, 5.74) is 1.22. The molecule has 15 heavy (non-hydrogen) atoms. The Morgan fingerprint density at radius 2 is 2.13 bits per heavy atom. The van der Waals surface area contributed by atoms with Gasteiger partial charge in [0.1, 0.15) is 5.69 Å². The first kappa shape index (κ1) is 10.3. The van der Waals surface area contributed by atoms with Crippen LogP contribution in [0.2, 0.25) is 0 Å². The smallest absolute Gasteiger partial charge is 0.221 e. The fraction of sp³-hybridized carbons (Fsp3) is 0.727. The van der Waals surface area contributed by atoms with Crippen LogP contribution < -0.4 is 15.3 Å². The molecule has 2 N–H and O–H groups in total. The third-order valence-corrected chi connectivity index (χ3v) is 2.64. The summed E-state index contributed by atoms with van der Waals surface area (Å²) in [6, 6.07) is 0.978. The minimum atomic E-state index is 0.472. The van der Waals surface area contributed by atoms with Crippen LogP contribution >= 0.6 is 0 Å². The second-order valence-corrected chi connectivity index (χ2v) is 4.71. The summed E-state index contributed by atoms with van der Waals surface area (Å²) in [4.78, 5) is 0. The first-order valence-corrected chi connectivity index (χ1v) is 5.75. The van der Waals surface area contributed by atoms with Crippen molar-refractivity contribution in [2.75, 3.05) is 17.2 Å². The van der Waals surface area contributed by atoms with Gasteiger partial charge in [0.2, 0.25) is 6.20 Å². The number of nitrogens with zero attached hydrogens (tertiary/aromatic N) is 2. The predicted molar refractivity (Wildman–Crippen MR) is 62.3 cm³/mol. The number of hydrogen-bond acceptors (Lipinski definition) is 2. The molecule has 0 fully saturated rings. The van der Waals surface area contributed by atoms with Crippen LogP contribution in [0.25, 0.3) is 0 Å². The van der Waals surface area contributed by atoms with Crippen molar-refractivity contribution in [2.24, 2.45) is 0 Å². The average Bonchev–Trinajstić information content (AvgIpc) is 2.66. The van der Waals surface area contributed by atoms with E-state index in [4.69, 9.17) is 0 Å². The van der Waals surface area contributed by atoms with E-state index in [0.29, 0.717) is 12.1 Å². The lowest BCUT2D eigenvalue weighted by atomic mass is 10.3. The fourth-order valence-electron chi connectivity index (χ4n) is 2.06.